The summed E-state index contributed by atoms with van der Waals surface area (Å²) >= 11 is 0. The topological polar surface area (TPSA) is 23.5 Å². The summed E-state index contributed by atoms with van der Waals surface area (Å²) in [7, 11) is 4.16. The molecule has 1 aromatic carbocycles. The van der Waals surface area contributed by atoms with Crippen LogP contribution >= 0.6 is 0 Å². The average Bonchev–Trinajstić information content (AvgIpc) is 2.98. The Labute approximate surface area is 183 Å². The fraction of sp³-hybridized carbons (Fsp3) is 0.714. The van der Waals surface area contributed by atoms with Crippen LogP contribution in [0, 0.1) is 34.5 Å². The summed E-state index contributed by atoms with van der Waals surface area (Å²) in [5, 5.41) is 11.5. The molecule has 4 fully saturated rings. The van der Waals surface area contributed by atoms with Gasteiger partial charge in [-0.15, -0.1) is 0 Å². The number of aliphatic hydroxyl groups excluding tert-OH is 1. The van der Waals surface area contributed by atoms with Gasteiger partial charge in [0.1, 0.15) is 0 Å². The van der Waals surface area contributed by atoms with Gasteiger partial charge in [-0.2, -0.15) is 0 Å². The van der Waals surface area contributed by atoms with Gasteiger partial charge in [0.15, 0.2) is 0 Å². The molecule has 0 unspecified atom stereocenters. The second kappa shape index (κ2) is 7.40. The molecule has 0 aromatic heterocycles. The lowest BCUT2D eigenvalue weighted by Gasteiger charge is -2.60. The van der Waals surface area contributed by atoms with E-state index in [1.165, 1.54) is 68.2 Å². The largest absolute Gasteiger partial charge is 0.388 e. The second-order valence-corrected chi connectivity index (χ2v) is 11.8. The van der Waals surface area contributed by atoms with Gasteiger partial charge in [0.25, 0.3) is 0 Å². The van der Waals surface area contributed by atoms with Crippen molar-refractivity contribution in [3.05, 3.63) is 35.4 Å². The molecule has 0 saturated heterocycles. The zero-order chi connectivity index (χ0) is 21.1. The van der Waals surface area contributed by atoms with E-state index in [0.29, 0.717) is 11.3 Å². The van der Waals surface area contributed by atoms with Crippen LogP contribution in [0.15, 0.2) is 29.8 Å². The molecule has 164 valence electrons. The highest BCUT2D eigenvalue weighted by atomic mass is 16.3. The van der Waals surface area contributed by atoms with E-state index in [9.17, 15) is 5.11 Å². The van der Waals surface area contributed by atoms with Crippen molar-refractivity contribution in [1.29, 1.82) is 0 Å². The van der Waals surface area contributed by atoms with Gasteiger partial charge in [-0.25, -0.2) is 0 Å². The summed E-state index contributed by atoms with van der Waals surface area (Å²) in [5.41, 5.74) is 4.40. The van der Waals surface area contributed by atoms with Crippen LogP contribution < -0.4 is 4.90 Å². The van der Waals surface area contributed by atoms with E-state index in [-0.39, 0.29) is 11.5 Å². The highest BCUT2D eigenvalue weighted by Crippen LogP contribution is 2.67. The van der Waals surface area contributed by atoms with Gasteiger partial charge in [0.05, 0.1) is 6.10 Å². The molecule has 0 heterocycles. The summed E-state index contributed by atoms with van der Waals surface area (Å²) in [6.07, 6.45) is 14.3. The minimum Gasteiger partial charge on any atom is -0.388 e. The molecule has 2 nitrogen and oxygen atoms in total. The van der Waals surface area contributed by atoms with E-state index in [0.717, 1.165) is 24.2 Å². The summed E-state index contributed by atoms with van der Waals surface area (Å²) in [4.78, 5) is 2.14. The van der Waals surface area contributed by atoms with Gasteiger partial charge >= 0.3 is 0 Å². The van der Waals surface area contributed by atoms with Crippen LogP contribution in [0.3, 0.4) is 0 Å². The fourth-order valence-corrected chi connectivity index (χ4v) is 8.38. The van der Waals surface area contributed by atoms with Crippen molar-refractivity contribution in [2.75, 3.05) is 19.0 Å². The summed E-state index contributed by atoms with van der Waals surface area (Å²) in [6, 6.07) is 8.78. The quantitative estimate of drug-likeness (QED) is 0.602. The predicted octanol–water partition coefficient (Wildman–Crippen LogP) is 6.54. The number of rotatable bonds is 2. The van der Waals surface area contributed by atoms with Crippen LogP contribution in [0.25, 0.3) is 6.08 Å². The van der Waals surface area contributed by atoms with E-state index in [2.05, 4.69) is 63.2 Å². The molecule has 0 radical (unpaired) electrons. The lowest BCUT2D eigenvalue weighted by Crippen LogP contribution is -2.53. The maximum atomic E-state index is 11.5. The first-order valence-electron chi connectivity index (χ1n) is 12.5. The Morgan fingerprint density at radius 3 is 2.40 bits per heavy atom. The molecule has 7 atom stereocenters. The maximum Gasteiger partial charge on any atom is 0.0809 e. The van der Waals surface area contributed by atoms with E-state index in [4.69, 9.17) is 0 Å². The Morgan fingerprint density at radius 1 is 0.900 bits per heavy atom. The van der Waals surface area contributed by atoms with Crippen LogP contribution in [-0.2, 0) is 0 Å². The molecular formula is C28H41NO. The first kappa shape index (κ1) is 20.6. The van der Waals surface area contributed by atoms with Gasteiger partial charge in [-0.1, -0.05) is 44.9 Å². The zero-order valence-corrected chi connectivity index (χ0v) is 19.5. The number of anilines is 1. The Bertz CT molecular complexity index is 810. The molecule has 4 saturated carbocycles. The van der Waals surface area contributed by atoms with E-state index < -0.39 is 0 Å². The van der Waals surface area contributed by atoms with Crippen molar-refractivity contribution in [1.82, 2.24) is 0 Å². The van der Waals surface area contributed by atoms with Gasteiger partial charge in [-0.3, -0.25) is 0 Å². The lowest BCUT2D eigenvalue weighted by atomic mass is 9.45. The minimum atomic E-state index is -0.270. The van der Waals surface area contributed by atoms with Crippen LogP contribution in [0.5, 0.6) is 0 Å². The van der Waals surface area contributed by atoms with Crippen LogP contribution in [0.2, 0.25) is 0 Å². The minimum absolute atomic E-state index is 0.0778. The van der Waals surface area contributed by atoms with E-state index in [1.807, 2.05) is 0 Å². The molecule has 0 bridgehead atoms. The number of nitrogens with zero attached hydrogens (tertiary/aromatic N) is 1. The van der Waals surface area contributed by atoms with E-state index >= 15 is 0 Å². The van der Waals surface area contributed by atoms with Crippen molar-refractivity contribution < 1.29 is 5.11 Å². The van der Waals surface area contributed by atoms with Crippen LogP contribution in [0.1, 0.15) is 77.2 Å². The molecule has 4 aliphatic carbocycles. The fourth-order valence-electron chi connectivity index (χ4n) is 8.38. The standard InChI is InChI=1S/C28H41NO/c1-27-15-6-5-7-21(27)10-13-23-24(27)14-16-28(2)25(23)18-20(26(28)30)17-19-8-11-22(12-9-19)29(3)4/h8-9,11-12,17,21,23-26,30H,5-7,10,13-16,18H2,1-4H3/b20-17+/t21-,23+,24+,25+,26+,27-,28-/m0/s1. The summed E-state index contributed by atoms with van der Waals surface area (Å²) < 4.78 is 0. The maximum absolute atomic E-state index is 11.5. The third-order valence-electron chi connectivity index (χ3n) is 10.2. The summed E-state index contributed by atoms with van der Waals surface area (Å²) in [6.45, 7) is 5.05. The lowest BCUT2D eigenvalue weighted by molar-refractivity contribution is -0.119. The Kier molecular flexibility index (Phi) is 5.08. The van der Waals surface area contributed by atoms with E-state index in [1.54, 1.807) is 0 Å². The number of hydrogen-bond donors (Lipinski definition) is 1. The highest BCUT2D eigenvalue weighted by molar-refractivity contribution is 5.59. The smallest absolute Gasteiger partial charge is 0.0809 e. The van der Waals surface area contributed by atoms with Crippen molar-refractivity contribution >= 4 is 11.8 Å². The van der Waals surface area contributed by atoms with Crippen molar-refractivity contribution in [3.63, 3.8) is 0 Å². The Hall–Kier alpha value is -1.28. The molecule has 1 N–H and O–H groups in total. The first-order valence-corrected chi connectivity index (χ1v) is 12.5. The van der Waals surface area contributed by atoms with Gasteiger partial charge in [0.2, 0.25) is 0 Å². The van der Waals surface area contributed by atoms with Gasteiger partial charge < -0.3 is 10.0 Å². The van der Waals surface area contributed by atoms with Gasteiger partial charge in [-0.05, 0) is 97.3 Å². The average molecular weight is 408 g/mol. The van der Waals surface area contributed by atoms with Crippen molar-refractivity contribution in [3.8, 4) is 0 Å². The van der Waals surface area contributed by atoms with Crippen molar-refractivity contribution in [2.45, 2.75) is 77.7 Å². The number of fused-ring (bicyclic) bond motifs is 5. The summed E-state index contributed by atoms with van der Waals surface area (Å²) in [5.74, 6) is 3.34. The Balaban J connectivity index is 1.41. The molecule has 4 aliphatic rings. The predicted molar refractivity (Wildman–Crippen MR) is 126 cm³/mol. The third kappa shape index (κ3) is 3.08. The number of benzene rings is 1. The second-order valence-electron chi connectivity index (χ2n) is 11.8. The van der Waals surface area contributed by atoms with Gasteiger partial charge in [0, 0.05) is 25.2 Å². The monoisotopic (exact) mass is 407 g/mol. The molecule has 1 aromatic rings. The Morgan fingerprint density at radius 2 is 1.67 bits per heavy atom. The SMILES string of the molecule is CN(C)c1ccc(/C=C2\C[C@@H]3[C@@H]4CC[C@@H]5CCCC[C@]5(C)[C@@H]4CC[C@]3(C)[C@@H]2O)cc1. The molecule has 2 heteroatoms. The van der Waals surface area contributed by atoms with Crippen LogP contribution in [0.4, 0.5) is 5.69 Å². The molecule has 30 heavy (non-hydrogen) atoms. The normalized spacial score (nSPS) is 44.3. The van der Waals surface area contributed by atoms with Crippen molar-refractivity contribution in [2.24, 2.45) is 34.5 Å². The molecule has 0 spiro atoms. The number of aliphatic hydroxyl groups is 1. The third-order valence-corrected chi connectivity index (χ3v) is 10.2. The number of hydrogen-bond acceptors (Lipinski definition) is 2. The van der Waals surface area contributed by atoms with Crippen LogP contribution in [-0.4, -0.2) is 25.3 Å². The zero-order valence-electron chi connectivity index (χ0n) is 19.5. The molecule has 0 amide bonds. The molecule has 5 rings (SSSR count). The first-order chi connectivity index (χ1) is 14.3. The molecular weight excluding hydrogens is 366 g/mol. The molecule has 0 aliphatic heterocycles. The highest BCUT2D eigenvalue weighted by Gasteiger charge is 2.60.